The number of benzene rings is 1. The van der Waals surface area contributed by atoms with Crippen LogP contribution in [-0.2, 0) is 11.3 Å². The molecule has 1 aromatic rings. The SMILES string of the molecule is N#Cc1ccc(CN2CCCC[C@@H]2CCN2CCCC2=O)cc1. The predicted octanol–water partition coefficient (Wildman–Crippen LogP) is 2.93. The number of rotatable bonds is 5. The molecule has 2 heterocycles. The van der Waals surface area contributed by atoms with E-state index in [9.17, 15) is 4.79 Å². The van der Waals surface area contributed by atoms with Crippen molar-refractivity contribution in [2.75, 3.05) is 19.6 Å². The summed E-state index contributed by atoms with van der Waals surface area (Å²) in [6, 6.07) is 10.7. The molecule has 0 unspecified atom stereocenters. The van der Waals surface area contributed by atoms with Gasteiger partial charge >= 0.3 is 0 Å². The Kier molecular flexibility index (Phi) is 5.30. The third-order valence-electron chi connectivity index (χ3n) is 5.12. The van der Waals surface area contributed by atoms with Crippen molar-refractivity contribution in [3.8, 4) is 6.07 Å². The molecule has 0 spiro atoms. The molecule has 2 aliphatic rings. The molecular formula is C19H25N3O. The summed E-state index contributed by atoms with van der Waals surface area (Å²) in [5.74, 6) is 0.333. The van der Waals surface area contributed by atoms with Crippen molar-refractivity contribution in [3.05, 3.63) is 35.4 Å². The Hall–Kier alpha value is -1.86. The van der Waals surface area contributed by atoms with Gasteiger partial charge in [-0.2, -0.15) is 5.26 Å². The number of piperidine rings is 1. The highest BCUT2D eigenvalue weighted by Gasteiger charge is 2.25. The van der Waals surface area contributed by atoms with Gasteiger partial charge in [-0.3, -0.25) is 9.69 Å². The lowest BCUT2D eigenvalue weighted by atomic mass is 9.98. The molecule has 4 heteroatoms. The average molecular weight is 311 g/mol. The summed E-state index contributed by atoms with van der Waals surface area (Å²) in [6.07, 6.45) is 6.64. The van der Waals surface area contributed by atoms with E-state index >= 15 is 0 Å². The molecule has 0 saturated carbocycles. The molecule has 0 aromatic heterocycles. The molecule has 0 bridgehead atoms. The fourth-order valence-corrected chi connectivity index (χ4v) is 3.76. The molecule has 2 aliphatic heterocycles. The highest BCUT2D eigenvalue weighted by Crippen LogP contribution is 2.23. The third-order valence-corrected chi connectivity index (χ3v) is 5.12. The first-order valence-corrected chi connectivity index (χ1v) is 8.77. The standard InChI is InChI=1S/C19H25N3O/c20-14-16-6-8-17(9-7-16)15-22-11-2-1-4-18(22)10-13-21-12-3-5-19(21)23/h6-9,18H,1-5,10-13,15H2/t18-/m1/s1. The van der Waals surface area contributed by atoms with Gasteiger partial charge in [0, 0.05) is 32.1 Å². The van der Waals surface area contributed by atoms with Gasteiger partial charge in [-0.1, -0.05) is 18.6 Å². The predicted molar refractivity (Wildman–Crippen MR) is 89.6 cm³/mol. The first-order valence-electron chi connectivity index (χ1n) is 8.77. The zero-order valence-corrected chi connectivity index (χ0v) is 13.7. The zero-order chi connectivity index (χ0) is 16.1. The van der Waals surface area contributed by atoms with Crippen LogP contribution in [0.15, 0.2) is 24.3 Å². The van der Waals surface area contributed by atoms with Crippen LogP contribution in [0.1, 0.15) is 49.7 Å². The van der Waals surface area contributed by atoms with Crippen molar-refractivity contribution in [2.45, 2.75) is 51.1 Å². The van der Waals surface area contributed by atoms with Gasteiger partial charge in [0.25, 0.3) is 0 Å². The van der Waals surface area contributed by atoms with E-state index in [2.05, 4.69) is 23.1 Å². The topological polar surface area (TPSA) is 47.3 Å². The molecular weight excluding hydrogens is 286 g/mol. The van der Waals surface area contributed by atoms with Crippen molar-refractivity contribution in [3.63, 3.8) is 0 Å². The highest BCUT2D eigenvalue weighted by atomic mass is 16.2. The molecule has 2 fully saturated rings. The van der Waals surface area contributed by atoms with Gasteiger partial charge in [-0.05, 0) is 49.9 Å². The van der Waals surface area contributed by atoms with E-state index in [0.717, 1.165) is 51.0 Å². The Bertz CT molecular complexity index is 575. The second-order valence-corrected chi connectivity index (χ2v) is 6.70. The van der Waals surface area contributed by atoms with Crippen LogP contribution in [0.2, 0.25) is 0 Å². The Morgan fingerprint density at radius 3 is 2.65 bits per heavy atom. The van der Waals surface area contributed by atoms with E-state index < -0.39 is 0 Å². The van der Waals surface area contributed by atoms with Gasteiger partial charge in [0.1, 0.15) is 0 Å². The molecule has 1 atom stereocenters. The molecule has 0 aliphatic carbocycles. The van der Waals surface area contributed by atoms with Crippen molar-refractivity contribution in [1.29, 1.82) is 5.26 Å². The number of carbonyl (C=O) groups excluding carboxylic acids is 1. The van der Waals surface area contributed by atoms with Crippen molar-refractivity contribution >= 4 is 5.91 Å². The van der Waals surface area contributed by atoms with Crippen LogP contribution in [0.4, 0.5) is 0 Å². The molecule has 1 aromatic carbocycles. The average Bonchev–Trinajstić information content (AvgIpc) is 3.00. The quantitative estimate of drug-likeness (QED) is 0.840. The largest absolute Gasteiger partial charge is 0.343 e. The smallest absolute Gasteiger partial charge is 0.222 e. The molecule has 2 saturated heterocycles. The van der Waals surface area contributed by atoms with Crippen LogP contribution in [0.3, 0.4) is 0 Å². The van der Waals surface area contributed by atoms with Crippen LogP contribution >= 0.6 is 0 Å². The van der Waals surface area contributed by atoms with Crippen LogP contribution in [0, 0.1) is 11.3 Å². The zero-order valence-electron chi connectivity index (χ0n) is 13.7. The Labute approximate surface area is 138 Å². The number of nitriles is 1. The van der Waals surface area contributed by atoms with Gasteiger partial charge in [0.2, 0.25) is 5.91 Å². The lowest BCUT2D eigenvalue weighted by Gasteiger charge is -2.36. The van der Waals surface area contributed by atoms with Gasteiger partial charge in [0.05, 0.1) is 11.6 Å². The summed E-state index contributed by atoms with van der Waals surface area (Å²) in [6.45, 7) is 3.94. The van der Waals surface area contributed by atoms with E-state index in [-0.39, 0.29) is 0 Å². The number of amides is 1. The first kappa shape index (κ1) is 16.0. The van der Waals surface area contributed by atoms with E-state index in [1.165, 1.54) is 24.8 Å². The minimum Gasteiger partial charge on any atom is -0.343 e. The van der Waals surface area contributed by atoms with Crippen molar-refractivity contribution in [1.82, 2.24) is 9.80 Å². The van der Waals surface area contributed by atoms with E-state index in [1.54, 1.807) is 0 Å². The second-order valence-electron chi connectivity index (χ2n) is 6.70. The first-order chi connectivity index (χ1) is 11.3. The summed E-state index contributed by atoms with van der Waals surface area (Å²) >= 11 is 0. The molecule has 0 N–H and O–H groups in total. The summed E-state index contributed by atoms with van der Waals surface area (Å²) in [5, 5.41) is 8.89. The number of hydrogen-bond acceptors (Lipinski definition) is 3. The maximum Gasteiger partial charge on any atom is 0.222 e. The van der Waals surface area contributed by atoms with Crippen LogP contribution in [-0.4, -0.2) is 41.4 Å². The van der Waals surface area contributed by atoms with E-state index in [1.807, 2.05) is 17.0 Å². The van der Waals surface area contributed by atoms with Crippen LogP contribution < -0.4 is 0 Å². The number of nitrogens with zero attached hydrogens (tertiary/aromatic N) is 3. The van der Waals surface area contributed by atoms with Crippen LogP contribution in [0.5, 0.6) is 0 Å². The maximum atomic E-state index is 11.8. The molecule has 1 amide bonds. The van der Waals surface area contributed by atoms with E-state index in [0.29, 0.717) is 11.9 Å². The molecule has 3 rings (SSSR count). The minimum absolute atomic E-state index is 0.333. The van der Waals surface area contributed by atoms with Gasteiger partial charge in [-0.25, -0.2) is 0 Å². The van der Waals surface area contributed by atoms with Crippen molar-refractivity contribution < 1.29 is 4.79 Å². The van der Waals surface area contributed by atoms with Gasteiger partial charge in [-0.15, -0.1) is 0 Å². The molecule has 0 radical (unpaired) electrons. The lowest BCUT2D eigenvalue weighted by molar-refractivity contribution is -0.127. The third kappa shape index (κ3) is 4.11. The Balaban J connectivity index is 1.57. The summed E-state index contributed by atoms with van der Waals surface area (Å²) in [4.78, 5) is 16.4. The molecule has 122 valence electrons. The fraction of sp³-hybridized carbons (Fsp3) is 0.579. The normalized spacial score (nSPS) is 22.3. The van der Waals surface area contributed by atoms with Gasteiger partial charge in [0.15, 0.2) is 0 Å². The number of likely N-dealkylation sites (tertiary alicyclic amines) is 2. The summed E-state index contributed by atoms with van der Waals surface area (Å²) < 4.78 is 0. The Morgan fingerprint density at radius 1 is 1.13 bits per heavy atom. The lowest BCUT2D eigenvalue weighted by Crippen LogP contribution is -2.41. The second kappa shape index (κ2) is 7.61. The summed E-state index contributed by atoms with van der Waals surface area (Å²) in [5.41, 5.74) is 1.99. The highest BCUT2D eigenvalue weighted by molar-refractivity contribution is 5.78. The van der Waals surface area contributed by atoms with Gasteiger partial charge < -0.3 is 4.90 Å². The Morgan fingerprint density at radius 2 is 1.96 bits per heavy atom. The van der Waals surface area contributed by atoms with E-state index in [4.69, 9.17) is 5.26 Å². The van der Waals surface area contributed by atoms with Crippen LogP contribution in [0.25, 0.3) is 0 Å². The fourth-order valence-electron chi connectivity index (χ4n) is 3.76. The monoisotopic (exact) mass is 311 g/mol. The van der Waals surface area contributed by atoms with Crippen molar-refractivity contribution in [2.24, 2.45) is 0 Å². The maximum absolute atomic E-state index is 11.8. The number of carbonyl (C=O) groups is 1. The number of hydrogen-bond donors (Lipinski definition) is 0. The summed E-state index contributed by atoms with van der Waals surface area (Å²) in [7, 11) is 0. The molecule has 4 nitrogen and oxygen atoms in total. The molecule has 23 heavy (non-hydrogen) atoms. The minimum atomic E-state index is 0.333.